The summed E-state index contributed by atoms with van der Waals surface area (Å²) in [5.41, 5.74) is 1.21. The third kappa shape index (κ3) is 2.56. The Kier molecular flexibility index (Phi) is 4.32. The number of rotatable bonds is 4. The highest BCUT2D eigenvalue weighted by Gasteiger charge is 2.51. The lowest BCUT2D eigenvalue weighted by Gasteiger charge is -2.35. The van der Waals surface area contributed by atoms with Crippen molar-refractivity contribution in [1.29, 1.82) is 0 Å². The minimum atomic E-state index is -0.953. The molecule has 3 amide bonds. The van der Waals surface area contributed by atoms with E-state index in [4.69, 9.17) is 0 Å². The van der Waals surface area contributed by atoms with Gasteiger partial charge in [0.1, 0.15) is 5.54 Å². The van der Waals surface area contributed by atoms with Crippen LogP contribution < -0.4 is 5.32 Å². The van der Waals surface area contributed by atoms with E-state index in [1.807, 2.05) is 37.3 Å². The third-order valence-electron chi connectivity index (χ3n) is 5.70. The summed E-state index contributed by atoms with van der Waals surface area (Å²) in [6.45, 7) is 5.27. The molecule has 1 fully saturated rings. The average molecular weight is 369 g/mol. The van der Waals surface area contributed by atoms with Crippen LogP contribution in [0.2, 0.25) is 0 Å². The van der Waals surface area contributed by atoms with E-state index in [2.05, 4.69) is 28.6 Å². The molecule has 136 valence electrons. The number of hydrogen-bond donors (Lipinski definition) is 1. The second-order valence-corrected chi connectivity index (χ2v) is 7.97. The summed E-state index contributed by atoms with van der Waals surface area (Å²) in [6, 6.07) is 11.6. The maximum absolute atomic E-state index is 13.3. The standard InChI is InChI=1S/C20H23N3O2S/c1-3-20(15-7-5-4-6-8-15)18(24)23(19(25)21-20)13-22-11-9-17-16(14(22)2)10-12-26-17/h4-8,10,12,14H,3,9,11,13H2,1-2H3,(H,21,25)/t14-,20+/m0/s1. The molecule has 2 aromatic rings. The molecule has 1 aromatic heterocycles. The molecule has 1 saturated heterocycles. The first-order valence-corrected chi connectivity index (χ1v) is 9.94. The molecule has 26 heavy (non-hydrogen) atoms. The van der Waals surface area contributed by atoms with Gasteiger partial charge in [-0.05, 0) is 42.3 Å². The second-order valence-electron chi connectivity index (χ2n) is 6.97. The monoisotopic (exact) mass is 369 g/mol. The van der Waals surface area contributed by atoms with Gasteiger partial charge in [-0.15, -0.1) is 11.3 Å². The van der Waals surface area contributed by atoms with Crippen LogP contribution in [0.3, 0.4) is 0 Å². The first-order chi connectivity index (χ1) is 12.6. The molecule has 2 atom stereocenters. The molecule has 6 heteroatoms. The summed E-state index contributed by atoms with van der Waals surface area (Å²) in [5.74, 6) is -0.153. The van der Waals surface area contributed by atoms with Gasteiger partial charge >= 0.3 is 6.03 Å². The molecule has 0 saturated carbocycles. The fraction of sp³-hybridized carbons (Fsp3) is 0.400. The Bertz CT molecular complexity index is 835. The zero-order valence-corrected chi connectivity index (χ0v) is 15.9. The highest BCUT2D eigenvalue weighted by molar-refractivity contribution is 7.10. The zero-order chi connectivity index (χ0) is 18.3. The van der Waals surface area contributed by atoms with Crippen LogP contribution >= 0.6 is 11.3 Å². The molecule has 0 unspecified atom stereocenters. The van der Waals surface area contributed by atoms with Crippen LogP contribution in [0.15, 0.2) is 41.8 Å². The van der Waals surface area contributed by atoms with Gasteiger partial charge in [0.05, 0.1) is 6.67 Å². The summed E-state index contributed by atoms with van der Waals surface area (Å²) < 4.78 is 0. The Labute approximate surface area is 157 Å². The molecule has 3 heterocycles. The summed E-state index contributed by atoms with van der Waals surface area (Å²) in [6.07, 6.45) is 1.50. The topological polar surface area (TPSA) is 52.7 Å². The molecule has 5 nitrogen and oxygen atoms in total. The van der Waals surface area contributed by atoms with Crippen LogP contribution in [0.25, 0.3) is 0 Å². The number of imide groups is 1. The first kappa shape index (κ1) is 17.2. The number of carbonyl (C=O) groups is 2. The quantitative estimate of drug-likeness (QED) is 0.840. The van der Waals surface area contributed by atoms with Gasteiger partial charge in [-0.25, -0.2) is 9.69 Å². The Hall–Kier alpha value is -2.18. The molecule has 0 aliphatic carbocycles. The zero-order valence-electron chi connectivity index (χ0n) is 15.1. The Morgan fingerprint density at radius 2 is 2.00 bits per heavy atom. The molecular formula is C20H23N3O2S. The maximum Gasteiger partial charge on any atom is 0.326 e. The lowest BCUT2D eigenvalue weighted by molar-refractivity contribution is -0.133. The number of benzene rings is 1. The maximum atomic E-state index is 13.3. The van der Waals surface area contributed by atoms with Crippen molar-refractivity contribution >= 4 is 23.3 Å². The molecule has 0 spiro atoms. The summed E-state index contributed by atoms with van der Waals surface area (Å²) >= 11 is 1.79. The predicted octanol–water partition coefficient (Wildman–Crippen LogP) is 3.48. The van der Waals surface area contributed by atoms with Gasteiger partial charge in [0.25, 0.3) is 5.91 Å². The van der Waals surface area contributed by atoms with Crippen LogP contribution in [0.1, 0.15) is 42.3 Å². The highest BCUT2D eigenvalue weighted by atomic mass is 32.1. The van der Waals surface area contributed by atoms with Crippen molar-refractivity contribution in [1.82, 2.24) is 15.1 Å². The van der Waals surface area contributed by atoms with Crippen LogP contribution in [-0.2, 0) is 16.8 Å². The predicted molar refractivity (Wildman–Crippen MR) is 102 cm³/mol. The highest BCUT2D eigenvalue weighted by Crippen LogP contribution is 2.36. The summed E-state index contributed by atoms with van der Waals surface area (Å²) in [4.78, 5) is 30.9. The molecule has 2 aliphatic rings. The number of fused-ring (bicyclic) bond motifs is 1. The van der Waals surface area contributed by atoms with Gasteiger partial charge in [-0.2, -0.15) is 0 Å². The Morgan fingerprint density at radius 1 is 1.23 bits per heavy atom. The summed E-state index contributed by atoms with van der Waals surface area (Å²) in [5, 5.41) is 5.09. The summed E-state index contributed by atoms with van der Waals surface area (Å²) in [7, 11) is 0. The molecule has 4 rings (SSSR count). The van der Waals surface area contributed by atoms with Crippen LogP contribution in [0, 0.1) is 0 Å². The number of hydrogen-bond acceptors (Lipinski definition) is 4. The fourth-order valence-electron chi connectivity index (χ4n) is 4.05. The van der Waals surface area contributed by atoms with Crippen molar-refractivity contribution in [3.63, 3.8) is 0 Å². The Balaban J connectivity index is 1.59. The van der Waals surface area contributed by atoms with Gasteiger partial charge in [0, 0.05) is 17.5 Å². The largest absolute Gasteiger partial charge is 0.326 e. The van der Waals surface area contributed by atoms with Crippen molar-refractivity contribution in [3.05, 3.63) is 57.8 Å². The second kappa shape index (κ2) is 6.52. The minimum Gasteiger partial charge on any atom is -0.319 e. The number of nitrogens with one attached hydrogen (secondary N) is 1. The van der Waals surface area contributed by atoms with Crippen LogP contribution in [-0.4, -0.2) is 35.0 Å². The SMILES string of the molecule is CC[C@]1(c2ccccc2)NC(=O)N(CN2CCc3sccc3[C@@H]2C)C1=O. The molecule has 0 bridgehead atoms. The van der Waals surface area contributed by atoms with Crippen molar-refractivity contribution in [2.24, 2.45) is 0 Å². The molecular weight excluding hydrogens is 346 g/mol. The molecule has 2 aliphatic heterocycles. The van der Waals surface area contributed by atoms with E-state index in [-0.39, 0.29) is 18.0 Å². The van der Waals surface area contributed by atoms with Crippen LogP contribution in [0.4, 0.5) is 4.79 Å². The van der Waals surface area contributed by atoms with Gasteiger partial charge in [-0.3, -0.25) is 9.69 Å². The average Bonchev–Trinajstić information content (AvgIpc) is 3.23. The molecule has 1 aromatic carbocycles. The van der Waals surface area contributed by atoms with Crippen molar-refractivity contribution < 1.29 is 9.59 Å². The normalized spacial score (nSPS) is 26.1. The van der Waals surface area contributed by atoms with Gasteiger partial charge in [0.2, 0.25) is 0 Å². The number of thiophene rings is 1. The van der Waals surface area contributed by atoms with Gasteiger partial charge < -0.3 is 5.32 Å². The van der Waals surface area contributed by atoms with Crippen LogP contribution in [0.5, 0.6) is 0 Å². The van der Waals surface area contributed by atoms with E-state index in [1.165, 1.54) is 15.3 Å². The third-order valence-corrected chi connectivity index (χ3v) is 6.70. The van der Waals surface area contributed by atoms with E-state index in [0.29, 0.717) is 13.1 Å². The lowest BCUT2D eigenvalue weighted by Crippen LogP contribution is -2.46. The van der Waals surface area contributed by atoms with E-state index >= 15 is 0 Å². The van der Waals surface area contributed by atoms with Gasteiger partial charge in [-0.1, -0.05) is 37.3 Å². The van der Waals surface area contributed by atoms with Crippen molar-refractivity contribution in [3.8, 4) is 0 Å². The van der Waals surface area contributed by atoms with E-state index in [9.17, 15) is 9.59 Å². The van der Waals surface area contributed by atoms with E-state index in [1.54, 1.807) is 11.3 Å². The van der Waals surface area contributed by atoms with E-state index < -0.39 is 5.54 Å². The van der Waals surface area contributed by atoms with Crippen molar-refractivity contribution in [2.45, 2.75) is 38.3 Å². The van der Waals surface area contributed by atoms with Gasteiger partial charge in [0.15, 0.2) is 0 Å². The first-order valence-electron chi connectivity index (χ1n) is 9.07. The number of urea groups is 1. The number of amides is 3. The molecule has 0 radical (unpaired) electrons. The van der Waals surface area contributed by atoms with Crippen molar-refractivity contribution in [2.75, 3.05) is 13.2 Å². The minimum absolute atomic E-state index is 0.153. The fourth-order valence-corrected chi connectivity index (χ4v) is 5.02. The number of carbonyl (C=O) groups excluding carboxylic acids is 2. The lowest BCUT2D eigenvalue weighted by atomic mass is 9.87. The number of nitrogens with zero attached hydrogens (tertiary/aromatic N) is 2. The van der Waals surface area contributed by atoms with E-state index in [0.717, 1.165) is 18.5 Å². The molecule has 1 N–H and O–H groups in total. The Morgan fingerprint density at radius 3 is 2.73 bits per heavy atom. The smallest absolute Gasteiger partial charge is 0.319 e.